The van der Waals surface area contributed by atoms with E-state index in [-0.39, 0.29) is 11.6 Å². The standard InChI is InChI=1S/C18H17N3O2S2/c1-11(2)12-5-7-13(8-6-12)18-19-14(10-25-18)16(22)20-21-17(23)15-4-3-9-24-15/h3-11H,1-2H3,(H,20,22)(H,21,23). The Bertz CT molecular complexity index is 868. The van der Waals surface area contributed by atoms with Crippen molar-refractivity contribution in [1.82, 2.24) is 15.8 Å². The molecule has 0 saturated carbocycles. The van der Waals surface area contributed by atoms with Gasteiger partial charge in [0.05, 0.1) is 4.88 Å². The van der Waals surface area contributed by atoms with Crippen molar-refractivity contribution in [3.63, 3.8) is 0 Å². The highest BCUT2D eigenvalue weighted by molar-refractivity contribution is 7.13. The van der Waals surface area contributed by atoms with Crippen molar-refractivity contribution in [3.05, 3.63) is 63.3 Å². The summed E-state index contributed by atoms with van der Waals surface area (Å²) in [5.74, 6) is -0.312. The Morgan fingerprint density at radius 2 is 1.72 bits per heavy atom. The SMILES string of the molecule is CC(C)c1ccc(-c2nc(C(=O)NNC(=O)c3cccs3)cs2)cc1. The highest BCUT2D eigenvalue weighted by atomic mass is 32.1. The zero-order valence-electron chi connectivity index (χ0n) is 13.8. The predicted molar refractivity (Wildman–Crippen MR) is 101 cm³/mol. The number of hydrazine groups is 1. The Morgan fingerprint density at radius 1 is 1.00 bits per heavy atom. The molecule has 2 heterocycles. The van der Waals surface area contributed by atoms with E-state index in [9.17, 15) is 9.59 Å². The van der Waals surface area contributed by atoms with Crippen LogP contribution < -0.4 is 10.9 Å². The van der Waals surface area contributed by atoms with Crippen molar-refractivity contribution in [2.24, 2.45) is 0 Å². The van der Waals surface area contributed by atoms with E-state index in [4.69, 9.17) is 0 Å². The van der Waals surface area contributed by atoms with E-state index < -0.39 is 5.91 Å². The number of carbonyl (C=O) groups excluding carboxylic acids is 2. The van der Waals surface area contributed by atoms with Gasteiger partial charge in [-0.2, -0.15) is 0 Å². The van der Waals surface area contributed by atoms with Crippen molar-refractivity contribution in [2.75, 3.05) is 0 Å². The van der Waals surface area contributed by atoms with E-state index in [0.717, 1.165) is 10.6 Å². The number of thiophene rings is 1. The van der Waals surface area contributed by atoms with Gasteiger partial charge in [-0.15, -0.1) is 22.7 Å². The van der Waals surface area contributed by atoms with Gasteiger partial charge in [0.25, 0.3) is 11.8 Å². The normalized spacial score (nSPS) is 10.7. The summed E-state index contributed by atoms with van der Waals surface area (Å²) in [6.45, 7) is 4.29. The Morgan fingerprint density at radius 3 is 2.36 bits per heavy atom. The number of hydrogen-bond donors (Lipinski definition) is 2. The summed E-state index contributed by atoms with van der Waals surface area (Å²) in [6.07, 6.45) is 0. The third kappa shape index (κ3) is 4.12. The topological polar surface area (TPSA) is 71.1 Å². The van der Waals surface area contributed by atoms with Crippen molar-refractivity contribution < 1.29 is 9.59 Å². The largest absolute Gasteiger partial charge is 0.289 e. The van der Waals surface area contributed by atoms with E-state index in [2.05, 4.69) is 41.8 Å². The van der Waals surface area contributed by atoms with Crippen molar-refractivity contribution in [3.8, 4) is 10.6 Å². The summed E-state index contributed by atoms with van der Waals surface area (Å²) in [5, 5.41) is 4.25. The molecule has 128 valence electrons. The first-order valence-electron chi connectivity index (χ1n) is 7.74. The summed E-state index contributed by atoms with van der Waals surface area (Å²) in [6, 6.07) is 11.6. The molecule has 0 aliphatic rings. The number of thiazole rings is 1. The summed E-state index contributed by atoms with van der Waals surface area (Å²) in [4.78, 5) is 28.8. The Balaban J connectivity index is 1.64. The molecule has 0 spiro atoms. The number of benzene rings is 1. The smallest absolute Gasteiger partial charge is 0.266 e. The molecule has 2 N–H and O–H groups in total. The summed E-state index contributed by atoms with van der Waals surface area (Å²) < 4.78 is 0. The van der Waals surface area contributed by atoms with Crippen LogP contribution in [0.1, 0.15) is 45.5 Å². The minimum Gasteiger partial charge on any atom is -0.266 e. The summed E-state index contributed by atoms with van der Waals surface area (Å²) >= 11 is 2.70. The second-order valence-corrected chi connectivity index (χ2v) is 7.51. The lowest BCUT2D eigenvalue weighted by molar-refractivity contribution is 0.0846. The van der Waals surface area contributed by atoms with Gasteiger partial charge in [0.15, 0.2) is 0 Å². The third-order valence-electron chi connectivity index (χ3n) is 3.60. The maximum atomic E-state index is 12.1. The second-order valence-electron chi connectivity index (χ2n) is 5.70. The van der Waals surface area contributed by atoms with Gasteiger partial charge in [0.2, 0.25) is 0 Å². The zero-order chi connectivity index (χ0) is 17.8. The molecule has 3 rings (SSSR count). The van der Waals surface area contributed by atoms with Gasteiger partial charge in [0, 0.05) is 10.9 Å². The number of nitrogens with one attached hydrogen (secondary N) is 2. The van der Waals surface area contributed by atoms with Crippen LogP contribution in [0, 0.1) is 0 Å². The van der Waals surface area contributed by atoms with Crippen molar-refractivity contribution >= 4 is 34.5 Å². The minimum absolute atomic E-state index is 0.277. The monoisotopic (exact) mass is 371 g/mol. The molecular formula is C18H17N3O2S2. The number of nitrogens with zero attached hydrogens (tertiary/aromatic N) is 1. The molecule has 2 amide bonds. The van der Waals surface area contributed by atoms with Crippen LogP contribution in [0.3, 0.4) is 0 Å². The first kappa shape index (κ1) is 17.3. The van der Waals surface area contributed by atoms with Crippen LogP contribution in [0.2, 0.25) is 0 Å². The van der Waals surface area contributed by atoms with Gasteiger partial charge in [-0.05, 0) is 22.9 Å². The average Bonchev–Trinajstić information content (AvgIpc) is 3.31. The van der Waals surface area contributed by atoms with E-state index in [0.29, 0.717) is 10.8 Å². The van der Waals surface area contributed by atoms with Gasteiger partial charge in [0.1, 0.15) is 10.7 Å². The van der Waals surface area contributed by atoms with Crippen molar-refractivity contribution in [2.45, 2.75) is 19.8 Å². The first-order valence-corrected chi connectivity index (χ1v) is 9.50. The second kappa shape index (κ2) is 7.58. The lowest BCUT2D eigenvalue weighted by atomic mass is 10.0. The molecule has 3 aromatic rings. The Kier molecular flexibility index (Phi) is 5.25. The van der Waals surface area contributed by atoms with Gasteiger partial charge in [-0.25, -0.2) is 4.98 Å². The van der Waals surface area contributed by atoms with E-state index in [1.54, 1.807) is 22.9 Å². The lowest BCUT2D eigenvalue weighted by Gasteiger charge is -2.05. The molecule has 0 fully saturated rings. The van der Waals surface area contributed by atoms with Crippen LogP contribution in [0.15, 0.2) is 47.2 Å². The fourth-order valence-corrected chi connectivity index (χ4v) is 3.59. The first-order chi connectivity index (χ1) is 12.0. The van der Waals surface area contributed by atoms with Crippen LogP contribution in [0.25, 0.3) is 10.6 Å². The molecule has 7 heteroatoms. The molecule has 0 saturated heterocycles. The number of hydrogen-bond acceptors (Lipinski definition) is 5. The highest BCUT2D eigenvalue weighted by Gasteiger charge is 2.14. The van der Waals surface area contributed by atoms with Crippen molar-refractivity contribution in [1.29, 1.82) is 0 Å². The van der Waals surface area contributed by atoms with Crippen LogP contribution >= 0.6 is 22.7 Å². The molecule has 0 atom stereocenters. The van der Waals surface area contributed by atoms with Gasteiger partial charge in [-0.3, -0.25) is 20.4 Å². The van der Waals surface area contributed by atoms with E-state index in [1.165, 1.54) is 28.2 Å². The number of amides is 2. The average molecular weight is 371 g/mol. The van der Waals surface area contributed by atoms with Gasteiger partial charge < -0.3 is 0 Å². The number of aromatic nitrogens is 1. The fraction of sp³-hybridized carbons (Fsp3) is 0.167. The van der Waals surface area contributed by atoms with Gasteiger partial charge in [-0.1, -0.05) is 44.2 Å². The highest BCUT2D eigenvalue weighted by Crippen LogP contribution is 2.25. The quantitative estimate of drug-likeness (QED) is 0.679. The lowest BCUT2D eigenvalue weighted by Crippen LogP contribution is -2.41. The predicted octanol–water partition coefficient (Wildman–Crippen LogP) is 4.07. The molecule has 0 bridgehead atoms. The maximum absolute atomic E-state index is 12.1. The summed E-state index contributed by atoms with van der Waals surface area (Å²) in [5.41, 5.74) is 7.28. The van der Waals surface area contributed by atoms with E-state index in [1.807, 2.05) is 12.1 Å². The van der Waals surface area contributed by atoms with Gasteiger partial charge >= 0.3 is 0 Å². The molecule has 0 aliphatic carbocycles. The number of rotatable bonds is 4. The zero-order valence-corrected chi connectivity index (χ0v) is 15.4. The molecule has 2 aromatic heterocycles. The molecule has 25 heavy (non-hydrogen) atoms. The van der Waals surface area contributed by atoms with Crippen LogP contribution in [0.4, 0.5) is 0 Å². The summed E-state index contributed by atoms with van der Waals surface area (Å²) in [7, 11) is 0. The van der Waals surface area contributed by atoms with Crippen LogP contribution in [-0.2, 0) is 0 Å². The maximum Gasteiger partial charge on any atom is 0.289 e. The fourth-order valence-electron chi connectivity index (χ4n) is 2.17. The molecular weight excluding hydrogens is 354 g/mol. The Labute approximate surface area is 153 Å². The van der Waals surface area contributed by atoms with E-state index >= 15 is 0 Å². The van der Waals surface area contributed by atoms with Crippen LogP contribution in [0.5, 0.6) is 0 Å². The molecule has 0 aliphatic heterocycles. The minimum atomic E-state index is -0.439. The number of carbonyl (C=O) groups is 2. The third-order valence-corrected chi connectivity index (χ3v) is 5.36. The van der Waals surface area contributed by atoms with Crippen LogP contribution in [-0.4, -0.2) is 16.8 Å². The molecule has 0 unspecified atom stereocenters. The molecule has 5 nitrogen and oxygen atoms in total. The molecule has 1 aromatic carbocycles. The Hall–Kier alpha value is -2.51. The molecule has 0 radical (unpaired) electrons.